The quantitative estimate of drug-likeness (QED) is 0.904. The molecule has 0 aliphatic heterocycles. The lowest BCUT2D eigenvalue weighted by Crippen LogP contribution is -2.01. The Labute approximate surface area is 105 Å². The van der Waals surface area contributed by atoms with E-state index in [1.54, 1.807) is 12.1 Å². The van der Waals surface area contributed by atoms with Gasteiger partial charge in [-0.3, -0.25) is 0 Å². The monoisotopic (exact) mass is 255 g/mol. The lowest BCUT2D eigenvalue weighted by Gasteiger charge is -2.04. The summed E-state index contributed by atoms with van der Waals surface area (Å²) in [5.74, 6) is 0.601. The molecular weight excluding hydrogens is 241 g/mol. The second-order valence-corrected chi connectivity index (χ2v) is 4.95. The van der Waals surface area contributed by atoms with E-state index in [9.17, 15) is 4.39 Å². The van der Waals surface area contributed by atoms with Crippen molar-refractivity contribution in [3.63, 3.8) is 0 Å². The highest BCUT2D eigenvalue weighted by Gasteiger charge is 2.18. The Balaban J connectivity index is 2.68. The number of furan rings is 1. The van der Waals surface area contributed by atoms with Gasteiger partial charge >= 0.3 is 0 Å². The molecule has 17 heavy (non-hydrogen) atoms. The molecule has 0 fully saturated rings. The summed E-state index contributed by atoms with van der Waals surface area (Å²) in [5.41, 5.74) is 6.84. The Morgan fingerprint density at radius 3 is 2.71 bits per heavy atom. The van der Waals surface area contributed by atoms with Gasteiger partial charge in [0, 0.05) is 10.9 Å². The molecule has 0 unspecified atom stereocenters. The molecule has 92 valence electrons. The maximum Gasteiger partial charge on any atom is 0.184 e. The van der Waals surface area contributed by atoms with Crippen LogP contribution in [0.5, 0.6) is 0 Å². The number of rotatable bonds is 3. The van der Waals surface area contributed by atoms with Gasteiger partial charge in [0.15, 0.2) is 11.4 Å². The highest BCUT2D eigenvalue weighted by Crippen LogP contribution is 2.32. The number of fused-ring (bicyclic) bond motifs is 1. The smallest absolute Gasteiger partial charge is 0.184 e. The van der Waals surface area contributed by atoms with Gasteiger partial charge in [-0.05, 0) is 24.5 Å². The van der Waals surface area contributed by atoms with Gasteiger partial charge in [-0.2, -0.15) is 0 Å². The molecule has 2 rings (SSSR count). The lowest BCUT2D eigenvalue weighted by atomic mass is 10.00. The van der Waals surface area contributed by atoms with Crippen molar-refractivity contribution in [1.29, 1.82) is 0 Å². The zero-order valence-electron chi connectivity index (χ0n) is 9.89. The molecule has 2 nitrogen and oxygen atoms in total. The van der Waals surface area contributed by atoms with Gasteiger partial charge in [0.05, 0.1) is 11.6 Å². The minimum Gasteiger partial charge on any atom is -0.456 e. The molecule has 0 saturated heterocycles. The summed E-state index contributed by atoms with van der Waals surface area (Å²) in [6.07, 6.45) is 0.820. The summed E-state index contributed by atoms with van der Waals surface area (Å²) >= 11 is 5.73. The molecule has 0 atom stereocenters. The normalized spacial score (nSPS) is 11.6. The summed E-state index contributed by atoms with van der Waals surface area (Å²) in [4.78, 5) is 0. The third-order valence-corrected chi connectivity index (χ3v) is 3.03. The van der Waals surface area contributed by atoms with E-state index in [1.165, 1.54) is 0 Å². The van der Waals surface area contributed by atoms with Crippen LogP contribution in [0, 0.1) is 11.7 Å². The van der Waals surface area contributed by atoms with E-state index in [0.29, 0.717) is 11.7 Å². The van der Waals surface area contributed by atoms with Crippen LogP contribution in [0.1, 0.15) is 25.2 Å². The Kier molecular flexibility index (Phi) is 3.40. The Hall–Kier alpha value is -1.06. The predicted octanol–water partition coefficient (Wildman–Crippen LogP) is 3.88. The van der Waals surface area contributed by atoms with Gasteiger partial charge < -0.3 is 10.2 Å². The van der Waals surface area contributed by atoms with Crippen molar-refractivity contribution >= 4 is 22.6 Å². The Morgan fingerprint density at radius 2 is 2.12 bits per heavy atom. The largest absolute Gasteiger partial charge is 0.456 e. The number of hydrogen-bond donors (Lipinski definition) is 1. The number of benzene rings is 1. The minimum absolute atomic E-state index is 0.0749. The zero-order chi connectivity index (χ0) is 12.6. The van der Waals surface area contributed by atoms with Crippen molar-refractivity contribution in [3.8, 4) is 0 Å². The molecule has 0 aliphatic carbocycles. The standard InChI is InChI=1S/C13H15ClFNO/c1-7(2)5-9-8-3-4-10(14)12(15)13(8)17-11(9)6-16/h3-4,7H,5-6,16H2,1-2H3. The summed E-state index contributed by atoms with van der Waals surface area (Å²) in [5, 5.41) is 0.854. The maximum atomic E-state index is 13.8. The van der Waals surface area contributed by atoms with Crippen molar-refractivity contribution in [2.75, 3.05) is 0 Å². The van der Waals surface area contributed by atoms with Crippen molar-refractivity contribution in [2.45, 2.75) is 26.8 Å². The molecule has 1 aromatic carbocycles. The minimum atomic E-state index is -0.506. The molecule has 0 spiro atoms. The fraction of sp³-hybridized carbons (Fsp3) is 0.385. The van der Waals surface area contributed by atoms with Crippen LogP contribution in [0.25, 0.3) is 11.0 Å². The molecule has 1 heterocycles. The van der Waals surface area contributed by atoms with E-state index in [4.69, 9.17) is 21.8 Å². The fourth-order valence-corrected chi connectivity index (χ4v) is 2.15. The van der Waals surface area contributed by atoms with E-state index in [2.05, 4.69) is 13.8 Å². The summed E-state index contributed by atoms with van der Waals surface area (Å²) in [6, 6.07) is 3.35. The van der Waals surface area contributed by atoms with Crippen LogP contribution >= 0.6 is 11.6 Å². The van der Waals surface area contributed by atoms with E-state index in [1.807, 2.05) is 0 Å². The Bertz CT molecular complexity index is 548. The van der Waals surface area contributed by atoms with Crippen LogP contribution in [-0.4, -0.2) is 0 Å². The van der Waals surface area contributed by atoms with Crippen LogP contribution in [-0.2, 0) is 13.0 Å². The molecule has 2 N–H and O–H groups in total. The van der Waals surface area contributed by atoms with Crippen LogP contribution in [0.4, 0.5) is 4.39 Å². The second kappa shape index (κ2) is 4.67. The van der Waals surface area contributed by atoms with Gasteiger partial charge in [-0.25, -0.2) is 4.39 Å². The summed E-state index contributed by atoms with van der Waals surface area (Å²) in [6.45, 7) is 4.48. The number of hydrogen-bond acceptors (Lipinski definition) is 2. The highest BCUT2D eigenvalue weighted by atomic mass is 35.5. The highest BCUT2D eigenvalue weighted by molar-refractivity contribution is 6.31. The molecular formula is C13H15ClFNO. The third kappa shape index (κ3) is 2.17. The van der Waals surface area contributed by atoms with Crippen molar-refractivity contribution in [2.24, 2.45) is 11.7 Å². The molecule has 4 heteroatoms. The van der Waals surface area contributed by atoms with E-state index in [0.717, 1.165) is 17.4 Å². The Morgan fingerprint density at radius 1 is 1.41 bits per heavy atom. The number of halogens is 2. The first-order valence-corrected chi connectivity index (χ1v) is 6.00. The second-order valence-electron chi connectivity index (χ2n) is 4.54. The van der Waals surface area contributed by atoms with Crippen LogP contribution in [0.3, 0.4) is 0 Å². The average Bonchev–Trinajstić information content (AvgIpc) is 2.62. The maximum absolute atomic E-state index is 13.8. The first-order chi connectivity index (χ1) is 8.04. The molecule has 2 aromatic rings. The van der Waals surface area contributed by atoms with Crippen molar-refractivity contribution < 1.29 is 8.81 Å². The van der Waals surface area contributed by atoms with Crippen LogP contribution in [0.15, 0.2) is 16.5 Å². The molecule has 0 bridgehead atoms. The van der Waals surface area contributed by atoms with Crippen molar-refractivity contribution in [1.82, 2.24) is 0 Å². The molecule has 0 radical (unpaired) electrons. The van der Waals surface area contributed by atoms with Gasteiger partial charge in [0.25, 0.3) is 0 Å². The third-order valence-electron chi connectivity index (χ3n) is 2.73. The average molecular weight is 256 g/mol. The SMILES string of the molecule is CC(C)Cc1c(CN)oc2c(F)c(Cl)ccc12. The summed E-state index contributed by atoms with van der Waals surface area (Å²) < 4.78 is 19.3. The van der Waals surface area contributed by atoms with Crippen LogP contribution < -0.4 is 5.73 Å². The van der Waals surface area contributed by atoms with E-state index in [-0.39, 0.29) is 17.2 Å². The summed E-state index contributed by atoms with van der Waals surface area (Å²) in [7, 11) is 0. The van der Waals surface area contributed by atoms with Gasteiger partial charge in [-0.15, -0.1) is 0 Å². The molecule has 0 saturated carbocycles. The van der Waals surface area contributed by atoms with Crippen molar-refractivity contribution in [3.05, 3.63) is 34.3 Å². The lowest BCUT2D eigenvalue weighted by molar-refractivity contribution is 0.512. The number of nitrogens with two attached hydrogens (primary N) is 1. The predicted molar refractivity (Wildman–Crippen MR) is 67.6 cm³/mol. The van der Waals surface area contributed by atoms with Gasteiger partial charge in [0.1, 0.15) is 5.76 Å². The molecule has 0 aliphatic rings. The van der Waals surface area contributed by atoms with Gasteiger partial charge in [0.2, 0.25) is 0 Å². The van der Waals surface area contributed by atoms with Crippen LogP contribution in [0.2, 0.25) is 5.02 Å². The zero-order valence-corrected chi connectivity index (χ0v) is 10.6. The first-order valence-electron chi connectivity index (χ1n) is 5.63. The van der Waals surface area contributed by atoms with Gasteiger partial charge in [-0.1, -0.05) is 25.4 Å². The molecule has 0 amide bonds. The van der Waals surface area contributed by atoms with E-state index >= 15 is 0 Å². The van der Waals surface area contributed by atoms with E-state index < -0.39 is 5.82 Å². The topological polar surface area (TPSA) is 39.2 Å². The fourth-order valence-electron chi connectivity index (χ4n) is 2.00. The molecule has 1 aromatic heterocycles. The first kappa shape index (κ1) is 12.4.